The second-order valence-electron chi connectivity index (χ2n) is 7.40. The maximum absolute atomic E-state index is 13.8. The van der Waals surface area contributed by atoms with E-state index in [-0.39, 0.29) is 5.69 Å². The van der Waals surface area contributed by atoms with Crippen LogP contribution < -0.4 is 15.5 Å². The van der Waals surface area contributed by atoms with E-state index in [0.717, 1.165) is 56.1 Å². The number of likely N-dealkylation sites (N-methyl/N-ethyl adjacent to an activating group) is 1. The highest BCUT2D eigenvalue weighted by Gasteiger charge is 2.18. The van der Waals surface area contributed by atoms with E-state index in [1.807, 2.05) is 13.0 Å². The van der Waals surface area contributed by atoms with Crippen LogP contribution in [0.4, 0.5) is 25.8 Å². The summed E-state index contributed by atoms with van der Waals surface area (Å²) in [4.78, 5) is 17.2. The summed E-state index contributed by atoms with van der Waals surface area (Å²) >= 11 is 0. The van der Waals surface area contributed by atoms with Gasteiger partial charge in [-0.2, -0.15) is 0 Å². The number of halogens is 2. The van der Waals surface area contributed by atoms with Gasteiger partial charge in [-0.3, -0.25) is 4.79 Å². The molecule has 0 aliphatic carbocycles. The molecule has 7 heteroatoms. The zero-order chi connectivity index (χ0) is 21.0. The first-order chi connectivity index (χ1) is 13.9. The van der Waals surface area contributed by atoms with Crippen molar-refractivity contribution < 1.29 is 13.6 Å². The summed E-state index contributed by atoms with van der Waals surface area (Å²) in [6.45, 7) is 11.1. The molecule has 29 heavy (non-hydrogen) atoms. The van der Waals surface area contributed by atoms with E-state index in [9.17, 15) is 13.6 Å². The summed E-state index contributed by atoms with van der Waals surface area (Å²) in [5.74, 6) is -1.87. The lowest BCUT2D eigenvalue weighted by molar-refractivity contribution is -0.116. The Labute approximate surface area is 170 Å². The summed E-state index contributed by atoms with van der Waals surface area (Å²) < 4.78 is 26.8. The quantitative estimate of drug-likeness (QED) is 0.771. The van der Waals surface area contributed by atoms with Gasteiger partial charge in [0.15, 0.2) is 0 Å². The van der Waals surface area contributed by atoms with E-state index < -0.39 is 23.6 Å². The molecule has 1 saturated heterocycles. The minimum Gasteiger partial charge on any atom is -0.374 e. The number of nitrogens with one attached hydrogen (secondary N) is 2. The number of anilines is 3. The summed E-state index contributed by atoms with van der Waals surface area (Å²) in [7, 11) is 0. The maximum Gasteiger partial charge on any atom is 0.246 e. The van der Waals surface area contributed by atoms with Crippen molar-refractivity contribution in [3.05, 3.63) is 53.6 Å². The van der Waals surface area contributed by atoms with Crippen LogP contribution in [0.3, 0.4) is 0 Å². The zero-order valence-electron chi connectivity index (χ0n) is 17.1. The third-order valence-corrected chi connectivity index (χ3v) is 5.35. The van der Waals surface area contributed by atoms with E-state index in [2.05, 4.69) is 39.5 Å². The van der Waals surface area contributed by atoms with Crippen LogP contribution in [0.1, 0.15) is 19.4 Å². The predicted octanol–water partition coefficient (Wildman–Crippen LogP) is 3.85. The number of carbonyl (C=O) groups is 1. The molecule has 1 fully saturated rings. The fourth-order valence-electron chi connectivity index (χ4n) is 3.46. The molecular weight excluding hydrogens is 374 g/mol. The number of rotatable bonds is 6. The fourth-order valence-corrected chi connectivity index (χ4v) is 3.46. The van der Waals surface area contributed by atoms with Crippen molar-refractivity contribution in [2.75, 3.05) is 48.3 Å². The zero-order valence-corrected chi connectivity index (χ0v) is 17.1. The van der Waals surface area contributed by atoms with Gasteiger partial charge >= 0.3 is 0 Å². The maximum atomic E-state index is 13.8. The first kappa shape index (κ1) is 21.0. The Kier molecular flexibility index (Phi) is 6.69. The van der Waals surface area contributed by atoms with Gasteiger partial charge in [-0.1, -0.05) is 6.92 Å². The average Bonchev–Trinajstić information content (AvgIpc) is 2.71. The second-order valence-corrected chi connectivity index (χ2v) is 7.40. The Hall–Kier alpha value is -2.67. The van der Waals surface area contributed by atoms with Crippen LogP contribution in [0.2, 0.25) is 0 Å². The molecule has 0 bridgehead atoms. The molecule has 2 aromatic rings. The summed E-state index contributed by atoms with van der Waals surface area (Å²) in [6.07, 6.45) is 0. The van der Waals surface area contributed by atoms with Crippen LogP contribution in [0.25, 0.3) is 0 Å². The highest BCUT2D eigenvalue weighted by atomic mass is 19.1. The van der Waals surface area contributed by atoms with E-state index in [0.29, 0.717) is 0 Å². The summed E-state index contributed by atoms with van der Waals surface area (Å²) in [5.41, 5.74) is 3.02. The molecule has 156 valence electrons. The van der Waals surface area contributed by atoms with E-state index in [1.165, 1.54) is 11.8 Å². The van der Waals surface area contributed by atoms with E-state index in [4.69, 9.17) is 0 Å². The molecule has 1 atom stereocenters. The molecule has 0 radical (unpaired) electrons. The molecule has 3 rings (SSSR count). The van der Waals surface area contributed by atoms with Crippen molar-refractivity contribution in [2.45, 2.75) is 26.8 Å². The number of hydrogen-bond donors (Lipinski definition) is 2. The monoisotopic (exact) mass is 402 g/mol. The van der Waals surface area contributed by atoms with Gasteiger partial charge in [0.25, 0.3) is 0 Å². The van der Waals surface area contributed by atoms with Gasteiger partial charge in [-0.25, -0.2) is 8.78 Å². The third-order valence-electron chi connectivity index (χ3n) is 5.35. The molecule has 5 nitrogen and oxygen atoms in total. The number of aryl methyl sites for hydroxylation is 1. The van der Waals surface area contributed by atoms with Crippen molar-refractivity contribution in [3.63, 3.8) is 0 Å². The molecule has 0 aromatic heterocycles. The molecular formula is C22H28F2N4O. The lowest BCUT2D eigenvalue weighted by Gasteiger charge is -2.35. The van der Waals surface area contributed by atoms with Crippen LogP contribution in [0.15, 0.2) is 36.4 Å². The standard InChI is InChI=1S/C22H28F2N4O/c1-4-27-9-11-28(12-10-27)18-6-8-20(15(2)13-18)25-16(3)22(29)26-21-7-5-17(23)14-19(21)24/h5-8,13-14,16,25H,4,9-12H2,1-3H3,(H,26,29)/t16-/m1/s1. The van der Waals surface area contributed by atoms with Crippen LogP contribution in [0.5, 0.6) is 0 Å². The van der Waals surface area contributed by atoms with Crippen molar-refractivity contribution in [2.24, 2.45) is 0 Å². The van der Waals surface area contributed by atoms with Crippen LogP contribution in [-0.2, 0) is 4.79 Å². The normalized spacial score (nSPS) is 15.8. The van der Waals surface area contributed by atoms with Gasteiger partial charge in [-0.15, -0.1) is 0 Å². The third kappa shape index (κ3) is 5.23. The number of hydrogen-bond acceptors (Lipinski definition) is 4. The fraction of sp³-hybridized carbons (Fsp3) is 0.409. The molecule has 0 spiro atoms. The molecule has 1 aliphatic heterocycles. The van der Waals surface area contributed by atoms with Gasteiger partial charge in [0.1, 0.15) is 17.7 Å². The van der Waals surface area contributed by atoms with Gasteiger partial charge in [0.2, 0.25) is 5.91 Å². The number of nitrogens with zero attached hydrogens (tertiary/aromatic N) is 2. The van der Waals surface area contributed by atoms with Crippen molar-refractivity contribution in [1.29, 1.82) is 0 Å². The molecule has 1 amide bonds. The van der Waals surface area contributed by atoms with Gasteiger partial charge in [-0.05, 0) is 56.3 Å². The largest absolute Gasteiger partial charge is 0.374 e. The number of carbonyl (C=O) groups excluding carboxylic acids is 1. The number of benzene rings is 2. The molecule has 0 saturated carbocycles. The highest BCUT2D eigenvalue weighted by Crippen LogP contribution is 2.24. The first-order valence-electron chi connectivity index (χ1n) is 9.97. The second kappa shape index (κ2) is 9.22. The van der Waals surface area contributed by atoms with Crippen LogP contribution in [-0.4, -0.2) is 49.6 Å². The summed E-state index contributed by atoms with van der Waals surface area (Å²) in [5, 5.41) is 5.67. The smallest absolute Gasteiger partial charge is 0.246 e. The van der Waals surface area contributed by atoms with E-state index >= 15 is 0 Å². The van der Waals surface area contributed by atoms with Crippen LogP contribution >= 0.6 is 0 Å². The number of amides is 1. The Balaban J connectivity index is 1.61. The lowest BCUT2D eigenvalue weighted by atomic mass is 10.1. The predicted molar refractivity (Wildman–Crippen MR) is 114 cm³/mol. The Morgan fingerprint density at radius 2 is 1.76 bits per heavy atom. The summed E-state index contributed by atoms with van der Waals surface area (Å²) in [6, 6.07) is 8.64. The van der Waals surface area contributed by atoms with Crippen molar-refractivity contribution >= 4 is 23.0 Å². The molecule has 2 aromatic carbocycles. The highest BCUT2D eigenvalue weighted by molar-refractivity contribution is 5.96. The molecule has 1 aliphatic rings. The average molecular weight is 402 g/mol. The van der Waals surface area contributed by atoms with E-state index in [1.54, 1.807) is 6.92 Å². The minimum absolute atomic E-state index is 0.0386. The lowest BCUT2D eigenvalue weighted by Crippen LogP contribution is -2.46. The Bertz CT molecular complexity index is 866. The van der Waals surface area contributed by atoms with Crippen LogP contribution in [0, 0.1) is 18.6 Å². The van der Waals surface area contributed by atoms with Crippen molar-refractivity contribution in [1.82, 2.24) is 4.90 Å². The molecule has 1 heterocycles. The Morgan fingerprint density at radius 3 is 2.38 bits per heavy atom. The first-order valence-corrected chi connectivity index (χ1v) is 9.97. The Morgan fingerprint density at radius 1 is 1.07 bits per heavy atom. The van der Waals surface area contributed by atoms with Crippen molar-refractivity contribution in [3.8, 4) is 0 Å². The molecule has 0 unspecified atom stereocenters. The van der Waals surface area contributed by atoms with Gasteiger partial charge < -0.3 is 20.4 Å². The molecule has 2 N–H and O–H groups in total. The SMILES string of the molecule is CCN1CCN(c2ccc(N[C@H](C)C(=O)Nc3ccc(F)cc3F)c(C)c2)CC1. The van der Waals surface area contributed by atoms with Gasteiger partial charge in [0.05, 0.1) is 5.69 Å². The van der Waals surface area contributed by atoms with Gasteiger partial charge in [0, 0.05) is 43.6 Å². The topological polar surface area (TPSA) is 47.6 Å². The number of piperazine rings is 1. The minimum atomic E-state index is -0.797.